The van der Waals surface area contributed by atoms with E-state index in [9.17, 15) is 9.90 Å². The highest BCUT2D eigenvalue weighted by molar-refractivity contribution is 5.90. The van der Waals surface area contributed by atoms with Crippen molar-refractivity contribution in [1.82, 2.24) is 9.80 Å². The molecule has 1 aliphatic heterocycles. The number of hydrogen-bond donors (Lipinski definition) is 2. The van der Waals surface area contributed by atoms with Crippen LogP contribution in [0.2, 0.25) is 0 Å². The first-order valence-corrected chi connectivity index (χ1v) is 9.81. The first kappa shape index (κ1) is 16.9. The number of benzene rings is 1. The van der Waals surface area contributed by atoms with E-state index >= 15 is 0 Å². The standard InChI is InChI=1S/C20H29N3O2/c24-19-10-2-1-9-18(19)22-11-13-23(14-12-22)20(25)21-17-8-4-6-15-5-3-7-16(15)17/h4,6,8,18-19,24H,1-3,5,7,9-14H2,(H,21,25)/t18-,19-/m1/s1. The van der Waals surface area contributed by atoms with Crippen LogP contribution in [0.3, 0.4) is 0 Å². The maximum absolute atomic E-state index is 12.7. The average Bonchev–Trinajstić information content (AvgIpc) is 3.12. The third kappa shape index (κ3) is 3.53. The highest BCUT2D eigenvalue weighted by atomic mass is 16.3. The van der Waals surface area contributed by atoms with Crippen LogP contribution in [-0.2, 0) is 12.8 Å². The first-order chi connectivity index (χ1) is 12.2. The predicted molar refractivity (Wildman–Crippen MR) is 98.9 cm³/mol. The Hall–Kier alpha value is -1.59. The van der Waals surface area contributed by atoms with Crippen LogP contribution < -0.4 is 5.32 Å². The van der Waals surface area contributed by atoms with Crippen LogP contribution in [0.1, 0.15) is 43.2 Å². The van der Waals surface area contributed by atoms with E-state index in [-0.39, 0.29) is 18.2 Å². The summed E-state index contributed by atoms with van der Waals surface area (Å²) >= 11 is 0. The van der Waals surface area contributed by atoms with Gasteiger partial charge in [0.1, 0.15) is 0 Å². The van der Waals surface area contributed by atoms with Gasteiger partial charge in [0.15, 0.2) is 0 Å². The normalized spacial score (nSPS) is 27.2. The Bertz CT molecular complexity index is 625. The van der Waals surface area contributed by atoms with Crippen LogP contribution in [0, 0.1) is 0 Å². The number of piperazine rings is 1. The van der Waals surface area contributed by atoms with Gasteiger partial charge in [0.05, 0.1) is 6.10 Å². The maximum atomic E-state index is 12.7. The minimum atomic E-state index is -0.193. The molecule has 0 unspecified atom stereocenters. The quantitative estimate of drug-likeness (QED) is 0.868. The molecule has 0 bridgehead atoms. The summed E-state index contributed by atoms with van der Waals surface area (Å²) < 4.78 is 0. The second-order valence-electron chi connectivity index (χ2n) is 7.67. The molecule has 2 atom stereocenters. The molecule has 2 fully saturated rings. The molecule has 1 saturated heterocycles. The van der Waals surface area contributed by atoms with E-state index in [1.165, 1.54) is 24.0 Å². The van der Waals surface area contributed by atoms with Gasteiger partial charge in [-0.1, -0.05) is 25.0 Å². The number of urea groups is 1. The lowest BCUT2D eigenvalue weighted by Crippen LogP contribution is -2.56. The number of fused-ring (bicyclic) bond motifs is 1. The number of anilines is 1. The summed E-state index contributed by atoms with van der Waals surface area (Å²) in [4.78, 5) is 17.0. The monoisotopic (exact) mass is 343 g/mol. The van der Waals surface area contributed by atoms with Crippen molar-refractivity contribution in [3.8, 4) is 0 Å². The number of hydrogen-bond acceptors (Lipinski definition) is 3. The van der Waals surface area contributed by atoms with Gasteiger partial charge in [-0.15, -0.1) is 0 Å². The minimum absolute atomic E-state index is 0.0177. The van der Waals surface area contributed by atoms with E-state index in [0.29, 0.717) is 0 Å². The molecule has 4 rings (SSSR count). The second-order valence-corrected chi connectivity index (χ2v) is 7.67. The number of nitrogens with one attached hydrogen (secondary N) is 1. The Morgan fingerprint density at radius 1 is 1.04 bits per heavy atom. The number of aliphatic hydroxyl groups excluding tert-OH is 1. The topological polar surface area (TPSA) is 55.8 Å². The smallest absolute Gasteiger partial charge is 0.321 e. The Labute approximate surface area is 150 Å². The summed E-state index contributed by atoms with van der Waals surface area (Å²) in [5.74, 6) is 0. The number of rotatable bonds is 2. The molecule has 0 spiro atoms. The lowest BCUT2D eigenvalue weighted by Gasteiger charge is -2.42. The molecular formula is C20H29N3O2. The largest absolute Gasteiger partial charge is 0.391 e. The molecule has 1 aromatic rings. The van der Waals surface area contributed by atoms with Crippen molar-refractivity contribution < 1.29 is 9.90 Å². The lowest BCUT2D eigenvalue weighted by atomic mass is 9.91. The van der Waals surface area contributed by atoms with Crippen molar-refractivity contribution >= 4 is 11.7 Å². The summed E-state index contributed by atoms with van der Waals surface area (Å²) in [7, 11) is 0. The van der Waals surface area contributed by atoms with Crippen molar-refractivity contribution in [1.29, 1.82) is 0 Å². The summed E-state index contributed by atoms with van der Waals surface area (Å²) in [5, 5.41) is 13.4. The van der Waals surface area contributed by atoms with Crippen LogP contribution in [-0.4, -0.2) is 59.3 Å². The maximum Gasteiger partial charge on any atom is 0.321 e. The Balaban J connectivity index is 1.33. The van der Waals surface area contributed by atoms with Crippen LogP contribution in [0.15, 0.2) is 18.2 Å². The number of amides is 2. The molecule has 2 amide bonds. The van der Waals surface area contributed by atoms with Gasteiger partial charge in [-0.2, -0.15) is 0 Å². The van der Waals surface area contributed by atoms with Crippen molar-refractivity contribution in [3.05, 3.63) is 29.3 Å². The molecule has 1 aromatic carbocycles. The van der Waals surface area contributed by atoms with E-state index < -0.39 is 0 Å². The molecule has 2 N–H and O–H groups in total. The fourth-order valence-electron chi connectivity index (χ4n) is 4.71. The molecule has 0 aromatic heterocycles. The van der Waals surface area contributed by atoms with Crippen molar-refractivity contribution in [2.45, 2.75) is 57.1 Å². The number of carbonyl (C=O) groups excluding carboxylic acids is 1. The van der Waals surface area contributed by atoms with Gasteiger partial charge in [-0.05, 0) is 49.3 Å². The van der Waals surface area contributed by atoms with Gasteiger partial charge < -0.3 is 15.3 Å². The summed E-state index contributed by atoms with van der Waals surface area (Å²) in [6.45, 7) is 3.21. The van der Waals surface area contributed by atoms with Crippen molar-refractivity contribution in [2.75, 3.05) is 31.5 Å². The molecule has 1 heterocycles. The Morgan fingerprint density at radius 3 is 2.64 bits per heavy atom. The van der Waals surface area contributed by atoms with Crippen molar-refractivity contribution in [2.24, 2.45) is 0 Å². The lowest BCUT2D eigenvalue weighted by molar-refractivity contribution is 0.00275. The van der Waals surface area contributed by atoms with Crippen LogP contribution in [0.5, 0.6) is 0 Å². The van der Waals surface area contributed by atoms with Gasteiger partial charge in [0.2, 0.25) is 0 Å². The summed E-state index contributed by atoms with van der Waals surface area (Å²) in [6, 6.07) is 6.55. The zero-order valence-electron chi connectivity index (χ0n) is 14.9. The second kappa shape index (κ2) is 7.34. The average molecular weight is 343 g/mol. The molecule has 2 aliphatic carbocycles. The van der Waals surface area contributed by atoms with E-state index in [1.54, 1.807) is 0 Å². The van der Waals surface area contributed by atoms with Crippen LogP contribution in [0.25, 0.3) is 0 Å². The molecule has 1 saturated carbocycles. The Kier molecular flexibility index (Phi) is 4.95. The van der Waals surface area contributed by atoms with E-state index in [0.717, 1.165) is 64.0 Å². The van der Waals surface area contributed by atoms with Crippen molar-refractivity contribution in [3.63, 3.8) is 0 Å². The van der Waals surface area contributed by atoms with Gasteiger partial charge in [-0.3, -0.25) is 4.90 Å². The van der Waals surface area contributed by atoms with E-state index in [4.69, 9.17) is 0 Å². The highest BCUT2D eigenvalue weighted by Crippen LogP contribution is 2.29. The fraction of sp³-hybridized carbons (Fsp3) is 0.650. The molecule has 3 aliphatic rings. The summed E-state index contributed by atoms with van der Waals surface area (Å²) in [5.41, 5.74) is 3.69. The highest BCUT2D eigenvalue weighted by Gasteiger charge is 2.32. The summed E-state index contributed by atoms with van der Waals surface area (Å²) in [6.07, 6.45) is 7.54. The Morgan fingerprint density at radius 2 is 1.84 bits per heavy atom. The van der Waals surface area contributed by atoms with Gasteiger partial charge >= 0.3 is 6.03 Å². The molecule has 5 nitrogen and oxygen atoms in total. The first-order valence-electron chi connectivity index (χ1n) is 9.81. The third-order valence-electron chi connectivity index (χ3n) is 6.15. The zero-order valence-corrected chi connectivity index (χ0v) is 14.9. The molecular weight excluding hydrogens is 314 g/mol. The molecule has 5 heteroatoms. The molecule has 25 heavy (non-hydrogen) atoms. The number of aliphatic hydroxyl groups is 1. The SMILES string of the molecule is O=C(Nc1cccc2c1CCC2)N1CCN([C@@H]2CCCC[C@H]2O)CC1. The number of nitrogens with zero attached hydrogens (tertiary/aromatic N) is 2. The fourth-order valence-corrected chi connectivity index (χ4v) is 4.71. The van der Waals surface area contributed by atoms with Gasteiger partial charge in [0.25, 0.3) is 0 Å². The van der Waals surface area contributed by atoms with Gasteiger partial charge in [-0.25, -0.2) is 4.79 Å². The minimum Gasteiger partial charge on any atom is -0.391 e. The zero-order chi connectivity index (χ0) is 17.2. The molecule has 136 valence electrons. The molecule has 0 radical (unpaired) electrons. The van der Waals surface area contributed by atoms with Crippen LogP contribution >= 0.6 is 0 Å². The van der Waals surface area contributed by atoms with Crippen LogP contribution in [0.4, 0.5) is 10.5 Å². The van der Waals surface area contributed by atoms with E-state index in [1.807, 2.05) is 17.0 Å². The number of carbonyl (C=O) groups is 1. The van der Waals surface area contributed by atoms with Gasteiger partial charge in [0, 0.05) is 37.9 Å². The third-order valence-corrected chi connectivity index (χ3v) is 6.15. The number of aryl methyl sites for hydroxylation is 1. The predicted octanol–water partition coefficient (Wildman–Crippen LogP) is 2.63. The van der Waals surface area contributed by atoms with E-state index in [2.05, 4.69) is 16.3 Å².